The van der Waals surface area contributed by atoms with Gasteiger partial charge in [0.25, 0.3) is 0 Å². The van der Waals surface area contributed by atoms with Crippen molar-refractivity contribution in [2.24, 2.45) is 11.8 Å². The monoisotopic (exact) mass is 287 g/mol. The molecule has 1 aliphatic heterocycles. The largest absolute Gasteiger partial charge is 0.481 e. The predicted octanol–water partition coefficient (Wildman–Crippen LogP) is 2.86. The van der Waals surface area contributed by atoms with Gasteiger partial charge in [0.15, 0.2) is 0 Å². The van der Waals surface area contributed by atoms with E-state index in [2.05, 4.69) is 0 Å². The standard InChI is InChI=1S/C14H16F3NO2/c1-9(13(19)20)11-7-18(8-11)6-10-4-2-3-5-12(10)14(15,16)17/h2-5,9,11H,6-8H2,1H3,(H,19,20). The smallest absolute Gasteiger partial charge is 0.416 e. The zero-order valence-corrected chi connectivity index (χ0v) is 11.0. The number of likely N-dealkylation sites (tertiary alicyclic amines) is 1. The molecule has 0 aliphatic carbocycles. The molecule has 1 N–H and O–H groups in total. The van der Waals surface area contributed by atoms with Crippen LogP contribution in [0, 0.1) is 11.8 Å². The summed E-state index contributed by atoms with van der Waals surface area (Å²) in [6.07, 6.45) is -4.35. The Labute approximate surface area is 115 Å². The quantitative estimate of drug-likeness (QED) is 0.925. The molecule has 3 nitrogen and oxygen atoms in total. The molecule has 20 heavy (non-hydrogen) atoms. The fourth-order valence-electron chi connectivity index (χ4n) is 2.43. The third-order valence-corrected chi connectivity index (χ3v) is 3.80. The molecule has 6 heteroatoms. The van der Waals surface area contributed by atoms with Gasteiger partial charge in [0.2, 0.25) is 0 Å². The van der Waals surface area contributed by atoms with Crippen LogP contribution in [-0.4, -0.2) is 29.1 Å². The van der Waals surface area contributed by atoms with Crippen LogP contribution in [0.3, 0.4) is 0 Å². The summed E-state index contributed by atoms with van der Waals surface area (Å²) >= 11 is 0. The normalized spacial score (nSPS) is 18.6. The van der Waals surface area contributed by atoms with Crippen LogP contribution in [0.25, 0.3) is 0 Å². The Kier molecular flexibility index (Phi) is 4.04. The molecule has 0 saturated carbocycles. The van der Waals surface area contributed by atoms with E-state index in [-0.39, 0.29) is 18.0 Å². The van der Waals surface area contributed by atoms with Crippen LogP contribution in [0.4, 0.5) is 13.2 Å². The van der Waals surface area contributed by atoms with E-state index in [1.807, 2.05) is 4.90 Å². The third-order valence-electron chi connectivity index (χ3n) is 3.80. The second-order valence-electron chi connectivity index (χ2n) is 5.24. The fourth-order valence-corrected chi connectivity index (χ4v) is 2.43. The minimum absolute atomic E-state index is 0.0190. The maximum Gasteiger partial charge on any atom is 0.416 e. The number of rotatable bonds is 4. The lowest BCUT2D eigenvalue weighted by atomic mass is 9.86. The Morgan fingerprint density at radius 1 is 1.40 bits per heavy atom. The van der Waals surface area contributed by atoms with Crippen LogP contribution in [0.2, 0.25) is 0 Å². The molecule has 1 fully saturated rings. The Balaban J connectivity index is 1.99. The van der Waals surface area contributed by atoms with Crippen molar-refractivity contribution in [1.29, 1.82) is 0 Å². The molecule has 0 bridgehead atoms. The van der Waals surface area contributed by atoms with Crippen molar-refractivity contribution < 1.29 is 23.1 Å². The number of hydrogen-bond acceptors (Lipinski definition) is 2. The second kappa shape index (κ2) is 5.44. The molecule has 0 amide bonds. The predicted molar refractivity (Wildman–Crippen MR) is 67.0 cm³/mol. The van der Waals surface area contributed by atoms with Gasteiger partial charge in [-0.3, -0.25) is 9.69 Å². The average Bonchev–Trinajstić information content (AvgIpc) is 2.31. The lowest BCUT2D eigenvalue weighted by Gasteiger charge is -2.41. The van der Waals surface area contributed by atoms with Crippen LogP contribution in [0.15, 0.2) is 24.3 Å². The molecule has 0 radical (unpaired) electrons. The Morgan fingerprint density at radius 3 is 2.55 bits per heavy atom. The third kappa shape index (κ3) is 3.12. The molecular weight excluding hydrogens is 271 g/mol. The van der Waals surface area contributed by atoms with Crippen molar-refractivity contribution >= 4 is 5.97 Å². The maximum atomic E-state index is 12.8. The van der Waals surface area contributed by atoms with Gasteiger partial charge in [-0.2, -0.15) is 13.2 Å². The molecule has 1 saturated heterocycles. The van der Waals surface area contributed by atoms with Crippen LogP contribution in [0.1, 0.15) is 18.1 Å². The molecule has 110 valence electrons. The first-order chi connectivity index (χ1) is 9.29. The summed E-state index contributed by atoms with van der Waals surface area (Å²) < 4.78 is 38.5. The van der Waals surface area contributed by atoms with Gasteiger partial charge in [0.05, 0.1) is 11.5 Å². The van der Waals surface area contributed by atoms with Crippen LogP contribution >= 0.6 is 0 Å². The summed E-state index contributed by atoms with van der Waals surface area (Å²) in [5.74, 6) is -1.29. The number of alkyl halides is 3. The second-order valence-corrected chi connectivity index (χ2v) is 5.24. The zero-order chi connectivity index (χ0) is 14.9. The fraction of sp³-hybridized carbons (Fsp3) is 0.500. The van der Waals surface area contributed by atoms with E-state index in [1.165, 1.54) is 12.1 Å². The van der Waals surface area contributed by atoms with Crippen molar-refractivity contribution in [3.05, 3.63) is 35.4 Å². The molecular formula is C14H16F3NO2. The van der Waals surface area contributed by atoms with E-state index in [9.17, 15) is 18.0 Å². The Bertz CT molecular complexity index is 495. The van der Waals surface area contributed by atoms with E-state index >= 15 is 0 Å². The average molecular weight is 287 g/mol. The summed E-state index contributed by atoms with van der Waals surface area (Å²) in [6, 6.07) is 5.50. The highest BCUT2D eigenvalue weighted by molar-refractivity contribution is 5.70. The highest BCUT2D eigenvalue weighted by Crippen LogP contribution is 2.34. The highest BCUT2D eigenvalue weighted by Gasteiger charge is 2.37. The van der Waals surface area contributed by atoms with E-state index < -0.39 is 23.6 Å². The summed E-state index contributed by atoms with van der Waals surface area (Å²) in [7, 11) is 0. The molecule has 2 rings (SSSR count). The number of carboxylic acid groups (broad SMARTS) is 1. The van der Waals surface area contributed by atoms with Crippen molar-refractivity contribution in [1.82, 2.24) is 4.90 Å². The number of nitrogens with zero attached hydrogens (tertiary/aromatic N) is 1. The van der Waals surface area contributed by atoms with E-state index in [4.69, 9.17) is 5.11 Å². The van der Waals surface area contributed by atoms with Gasteiger partial charge < -0.3 is 5.11 Å². The lowest BCUT2D eigenvalue weighted by molar-refractivity contribution is -0.145. The first kappa shape index (κ1) is 14.8. The molecule has 1 aliphatic rings. The number of carbonyl (C=O) groups is 1. The Hall–Kier alpha value is -1.56. The number of halogens is 3. The van der Waals surface area contributed by atoms with Crippen LogP contribution in [-0.2, 0) is 17.5 Å². The summed E-state index contributed by atoms with van der Waals surface area (Å²) in [5, 5.41) is 8.88. The van der Waals surface area contributed by atoms with E-state index in [0.717, 1.165) is 6.07 Å². The van der Waals surface area contributed by atoms with Gasteiger partial charge in [-0.05, 0) is 17.5 Å². The minimum Gasteiger partial charge on any atom is -0.481 e. The Morgan fingerprint density at radius 2 is 2.00 bits per heavy atom. The number of benzene rings is 1. The summed E-state index contributed by atoms with van der Waals surface area (Å²) in [5.41, 5.74) is -0.379. The van der Waals surface area contributed by atoms with Gasteiger partial charge in [0, 0.05) is 19.6 Å². The molecule has 1 unspecified atom stereocenters. The maximum absolute atomic E-state index is 12.8. The van der Waals surface area contributed by atoms with Gasteiger partial charge in [-0.15, -0.1) is 0 Å². The zero-order valence-electron chi connectivity index (χ0n) is 11.0. The minimum atomic E-state index is -4.35. The molecule has 1 aromatic carbocycles. The number of hydrogen-bond donors (Lipinski definition) is 1. The van der Waals surface area contributed by atoms with Crippen molar-refractivity contribution in [2.75, 3.05) is 13.1 Å². The lowest BCUT2D eigenvalue weighted by Crippen LogP contribution is -2.50. The van der Waals surface area contributed by atoms with Crippen molar-refractivity contribution in [3.8, 4) is 0 Å². The van der Waals surface area contributed by atoms with Gasteiger partial charge in [0.1, 0.15) is 0 Å². The summed E-state index contributed by atoms with van der Waals surface area (Å²) in [4.78, 5) is 12.7. The molecule has 1 aromatic rings. The van der Waals surface area contributed by atoms with Crippen molar-refractivity contribution in [3.63, 3.8) is 0 Å². The molecule has 1 heterocycles. The SMILES string of the molecule is CC(C(=O)O)C1CN(Cc2ccccc2C(F)(F)F)C1. The first-order valence-corrected chi connectivity index (χ1v) is 6.39. The van der Waals surface area contributed by atoms with Gasteiger partial charge in [-0.1, -0.05) is 25.1 Å². The summed E-state index contributed by atoms with van der Waals surface area (Å²) in [6.45, 7) is 2.89. The topological polar surface area (TPSA) is 40.5 Å². The van der Waals surface area contributed by atoms with E-state index in [1.54, 1.807) is 13.0 Å². The van der Waals surface area contributed by atoms with Gasteiger partial charge in [-0.25, -0.2) is 0 Å². The number of carboxylic acids is 1. The molecule has 0 aromatic heterocycles. The highest BCUT2D eigenvalue weighted by atomic mass is 19.4. The van der Waals surface area contributed by atoms with Gasteiger partial charge >= 0.3 is 12.1 Å². The number of aliphatic carboxylic acids is 1. The van der Waals surface area contributed by atoms with Crippen LogP contribution < -0.4 is 0 Å². The van der Waals surface area contributed by atoms with E-state index in [0.29, 0.717) is 13.1 Å². The first-order valence-electron chi connectivity index (χ1n) is 6.39. The molecule has 1 atom stereocenters. The molecule has 0 spiro atoms. The van der Waals surface area contributed by atoms with Crippen LogP contribution in [0.5, 0.6) is 0 Å². The van der Waals surface area contributed by atoms with Crippen molar-refractivity contribution in [2.45, 2.75) is 19.6 Å².